The first-order chi connectivity index (χ1) is 7.79. The molecule has 0 heterocycles. The van der Waals surface area contributed by atoms with Gasteiger partial charge in [-0.05, 0) is 54.8 Å². The van der Waals surface area contributed by atoms with E-state index in [-0.39, 0.29) is 11.9 Å². The smallest absolute Gasteiger partial charge is 0.308 e. The maximum atomic E-state index is 11.8. The molecular formula is C14H18O2. The van der Waals surface area contributed by atoms with E-state index in [4.69, 9.17) is 4.74 Å². The lowest BCUT2D eigenvalue weighted by Gasteiger charge is -2.35. The third kappa shape index (κ3) is 0.922. The normalized spacial score (nSPS) is 55.7. The number of ether oxygens (including phenoxy) is 1. The van der Waals surface area contributed by atoms with Crippen LogP contribution >= 0.6 is 0 Å². The third-order valence-electron chi connectivity index (χ3n) is 5.77. The van der Waals surface area contributed by atoms with Crippen LogP contribution in [-0.4, -0.2) is 13.1 Å². The second kappa shape index (κ2) is 2.91. The van der Waals surface area contributed by atoms with Gasteiger partial charge >= 0.3 is 5.97 Å². The molecule has 2 nitrogen and oxygen atoms in total. The molecule has 4 aliphatic carbocycles. The van der Waals surface area contributed by atoms with Crippen molar-refractivity contribution < 1.29 is 9.53 Å². The van der Waals surface area contributed by atoms with Crippen LogP contribution < -0.4 is 0 Å². The first-order valence-electron chi connectivity index (χ1n) is 6.55. The molecule has 0 radical (unpaired) electrons. The summed E-state index contributed by atoms with van der Waals surface area (Å²) in [7, 11) is 1.53. The predicted molar refractivity (Wildman–Crippen MR) is 59.4 cm³/mol. The van der Waals surface area contributed by atoms with E-state index in [1.54, 1.807) is 0 Å². The van der Waals surface area contributed by atoms with Crippen LogP contribution in [0, 0.1) is 41.4 Å². The molecule has 0 aromatic rings. The second-order valence-corrected chi connectivity index (χ2v) is 6.13. The molecule has 0 spiro atoms. The lowest BCUT2D eigenvalue weighted by molar-refractivity contribution is -0.148. The van der Waals surface area contributed by atoms with Gasteiger partial charge in [0.25, 0.3) is 0 Å². The average molecular weight is 218 g/mol. The summed E-state index contributed by atoms with van der Waals surface area (Å²) < 4.78 is 4.96. The van der Waals surface area contributed by atoms with Gasteiger partial charge in [-0.15, -0.1) is 0 Å². The Morgan fingerprint density at radius 1 is 1.12 bits per heavy atom. The maximum absolute atomic E-state index is 11.8. The van der Waals surface area contributed by atoms with E-state index in [9.17, 15) is 4.79 Å². The lowest BCUT2D eigenvalue weighted by atomic mass is 9.69. The molecule has 7 atom stereocenters. The number of carbonyl (C=O) groups is 1. The molecule has 0 aliphatic heterocycles. The van der Waals surface area contributed by atoms with Crippen LogP contribution in [0.5, 0.6) is 0 Å². The summed E-state index contributed by atoms with van der Waals surface area (Å²) in [4.78, 5) is 11.8. The van der Waals surface area contributed by atoms with Crippen LogP contribution in [0.25, 0.3) is 0 Å². The summed E-state index contributed by atoms with van der Waals surface area (Å²) in [6, 6.07) is 0. The largest absolute Gasteiger partial charge is 0.469 e. The summed E-state index contributed by atoms with van der Waals surface area (Å²) in [5.41, 5.74) is 0. The first-order valence-corrected chi connectivity index (χ1v) is 6.55. The number of esters is 1. The zero-order valence-electron chi connectivity index (χ0n) is 9.63. The standard InChI is InChI=1S/C14H18O2/c1-16-14(15)11-6-9-5-10(11)13-8-3-2-7(4-8)12(9)13/h2-3,7-13H,4-6H2,1H3/t7-,8+,9+,10-,11-,12+,13-/m1/s1. The van der Waals surface area contributed by atoms with Gasteiger partial charge in [0.05, 0.1) is 13.0 Å². The monoisotopic (exact) mass is 218 g/mol. The topological polar surface area (TPSA) is 26.3 Å². The summed E-state index contributed by atoms with van der Waals surface area (Å²) in [6.07, 6.45) is 8.64. The van der Waals surface area contributed by atoms with Crippen LogP contribution in [0.4, 0.5) is 0 Å². The van der Waals surface area contributed by atoms with Gasteiger partial charge in [0, 0.05) is 0 Å². The van der Waals surface area contributed by atoms with Gasteiger partial charge in [-0.3, -0.25) is 4.79 Å². The highest BCUT2D eigenvalue weighted by molar-refractivity contribution is 5.73. The maximum Gasteiger partial charge on any atom is 0.308 e. The zero-order valence-corrected chi connectivity index (χ0v) is 9.63. The molecule has 0 aromatic carbocycles. The van der Waals surface area contributed by atoms with Crippen molar-refractivity contribution in [1.82, 2.24) is 0 Å². The van der Waals surface area contributed by atoms with Crippen LogP contribution in [0.15, 0.2) is 12.2 Å². The van der Waals surface area contributed by atoms with Crippen LogP contribution in [-0.2, 0) is 9.53 Å². The quantitative estimate of drug-likeness (QED) is 0.383. The molecule has 0 unspecified atom stereocenters. The van der Waals surface area contributed by atoms with Gasteiger partial charge in [-0.25, -0.2) is 0 Å². The molecule has 3 fully saturated rings. The van der Waals surface area contributed by atoms with E-state index in [1.807, 2.05) is 0 Å². The van der Waals surface area contributed by atoms with Crippen molar-refractivity contribution in [1.29, 1.82) is 0 Å². The molecule has 86 valence electrons. The Bertz CT molecular complexity index is 373. The number of fused-ring (bicyclic) bond motifs is 9. The minimum absolute atomic E-state index is 0.0534. The minimum atomic E-state index is 0.0534. The number of rotatable bonds is 1. The SMILES string of the molecule is COC(=O)[C@@H]1C[C@@H]2C[C@H]1[C@@H]1[C@H]2[C@@H]2C=C[C@H]1C2. The van der Waals surface area contributed by atoms with Gasteiger partial charge in [-0.2, -0.15) is 0 Å². The highest BCUT2D eigenvalue weighted by Crippen LogP contribution is 2.66. The van der Waals surface area contributed by atoms with Gasteiger partial charge < -0.3 is 4.74 Å². The van der Waals surface area contributed by atoms with Crippen molar-refractivity contribution in [2.45, 2.75) is 19.3 Å². The lowest BCUT2D eigenvalue weighted by Crippen LogP contribution is -2.34. The van der Waals surface area contributed by atoms with E-state index < -0.39 is 0 Å². The van der Waals surface area contributed by atoms with E-state index in [0.29, 0.717) is 5.92 Å². The molecule has 3 saturated carbocycles. The summed E-state index contributed by atoms with van der Waals surface area (Å²) >= 11 is 0. The van der Waals surface area contributed by atoms with Crippen molar-refractivity contribution >= 4 is 5.97 Å². The molecule has 16 heavy (non-hydrogen) atoms. The van der Waals surface area contributed by atoms with Crippen molar-refractivity contribution in [3.05, 3.63) is 12.2 Å². The van der Waals surface area contributed by atoms with Gasteiger partial charge in [0.2, 0.25) is 0 Å². The van der Waals surface area contributed by atoms with Gasteiger partial charge in [0.15, 0.2) is 0 Å². The van der Waals surface area contributed by atoms with E-state index in [2.05, 4.69) is 12.2 Å². The average Bonchev–Trinajstić information content (AvgIpc) is 3.03. The Balaban J connectivity index is 1.66. The number of hydrogen-bond acceptors (Lipinski definition) is 2. The summed E-state index contributed by atoms with van der Waals surface area (Å²) in [5.74, 6) is 5.11. The molecule has 0 saturated heterocycles. The second-order valence-electron chi connectivity index (χ2n) is 6.13. The Morgan fingerprint density at radius 3 is 2.62 bits per heavy atom. The molecule has 4 rings (SSSR count). The van der Waals surface area contributed by atoms with Crippen LogP contribution in [0.1, 0.15) is 19.3 Å². The van der Waals surface area contributed by atoms with Crippen molar-refractivity contribution in [3.8, 4) is 0 Å². The molecule has 4 aliphatic rings. The number of hydrogen-bond donors (Lipinski definition) is 0. The highest BCUT2D eigenvalue weighted by atomic mass is 16.5. The molecule has 4 bridgehead atoms. The molecule has 0 aromatic heterocycles. The van der Waals surface area contributed by atoms with Crippen molar-refractivity contribution in [2.75, 3.05) is 7.11 Å². The summed E-state index contributed by atoms with van der Waals surface area (Å²) in [5, 5.41) is 0. The van der Waals surface area contributed by atoms with E-state index >= 15 is 0 Å². The number of allylic oxidation sites excluding steroid dienone is 2. The number of carbonyl (C=O) groups excluding carboxylic acids is 1. The molecule has 0 amide bonds. The van der Waals surface area contributed by atoms with Gasteiger partial charge in [-0.1, -0.05) is 12.2 Å². The Morgan fingerprint density at radius 2 is 1.88 bits per heavy atom. The third-order valence-corrected chi connectivity index (χ3v) is 5.77. The van der Waals surface area contributed by atoms with Gasteiger partial charge in [0.1, 0.15) is 0 Å². The molecule has 2 heteroatoms. The van der Waals surface area contributed by atoms with Crippen molar-refractivity contribution in [3.63, 3.8) is 0 Å². The van der Waals surface area contributed by atoms with E-state index in [1.165, 1.54) is 20.0 Å². The Labute approximate surface area is 96.0 Å². The van der Waals surface area contributed by atoms with Crippen LogP contribution in [0.3, 0.4) is 0 Å². The zero-order chi connectivity index (χ0) is 10.9. The fraction of sp³-hybridized carbons (Fsp3) is 0.786. The minimum Gasteiger partial charge on any atom is -0.469 e. The fourth-order valence-corrected chi connectivity index (χ4v) is 5.44. The first kappa shape index (κ1) is 9.26. The van der Waals surface area contributed by atoms with Crippen molar-refractivity contribution in [2.24, 2.45) is 41.4 Å². The fourth-order valence-electron chi connectivity index (χ4n) is 5.44. The van der Waals surface area contributed by atoms with Crippen LogP contribution in [0.2, 0.25) is 0 Å². The highest BCUT2D eigenvalue weighted by Gasteiger charge is 2.62. The molecular weight excluding hydrogens is 200 g/mol. The Kier molecular flexibility index (Phi) is 1.68. The number of methoxy groups -OCH3 is 1. The predicted octanol–water partition coefficient (Wildman–Crippen LogP) is 2.25. The summed E-state index contributed by atoms with van der Waals surface area (Å²) in [6.45, 7) is 0. The molecule has 0 N–H and O–H groups in total. The Hall–Kier alpha value is -0.790. The van der Waals surface area contributed by atoms with E-state index in [0.717, 1.165) is 36.0 Å².